The molecule has 1 aromatic heterocycles. The molecule has 2 amide bonds. The molecular formula is C23H21N3O2. The molecule has 0 radical (unpaired) electrons. The Labute approximate surface area is 163 Å². The zero-order chi connectivity index (χ0) is 19.7. The second-order valence-corrected chi connectivity index (χ2v) is 7.13. The Morgan fingerprint density at radius 3 is 2.54 bits per heavy atom. The molecule has 28 heavy (non-hydrogen) atoms. The SMILES string of the molecule is CN(C)CCN1C(=O)c2cccc3cc(/C=C/c4ccccn4)cc(c23)C1=O. The number of nitrogens with zero attached hydrogens (tertiary/aromatic N) is 3. The maximum absolute atomic E-state index is 13.1. The molecule has 5 nitrogen and oxygen atoms in total. The van der Waals surface area contributed by atoms with Crippen molar-refractivity contribution in [3.63, 3.8) is 0 Å². The number of rotatable bonds is 5. The van der Waals surface area contributed by atoms with Crippen LogP contribution in [0.5, 0.6) is 0 Å². The third kappa shape index (κ3) is 3.32. The van der Waals surface area contributed by atoms with Gasteiger partial charge in [0.1, 0.15) is 0 Å². The number of aromatic nitrogens is 1. The summed E-state index contributed by atoms with van der Waals surface area (Å²) in [5.41, 5.74) is 2.91. The first-order valence-corrected chi connectivity index (χ1v) is 9.21. The van der Waals surface area contributed by atoms with Crippen LogP contribution in [0, 0.1) is 0 Å². The van der Waals surface area contributed by atoms with Crippen LogP contribution in [0.3, 0.4) is 0 Å². The van der Waals surface area contributed by atoms with Gasteiger partial charge in [0.05, 0.1) is 5.69 Å². The number of hydrogen-bond acceptors (Lipinski definition) is 4. The number of carbonyl (C=O) groups is 2. The standard InChI is InChI=1S/C23H21N3O2/c1-25(2)12-13-26-22(27)19-8-5-6-17-14-16(15-20(21(17)19)23(26)28)9-10-18-7-3-4-11-24-18/h3-11,14-15H,12-13H2,1-2H3/b10-9+. The molecular weight excluding hydrogens is 350 g/mol. The molecule has 0 aliphatic carbocycles. The summed E-state index contributed by atoms with van der Waals surface area (Å²) in [6.07, 6.45) is 5.60. The van der Waals surface area contributed by atoms with Crippen molar-refractivity contribution in [2.45, 2.75) is 0 Å². The van der Waals surface area contributed by atoms with Gasteiger partial charge in [0.15, 0.2) is 0 Å². The lowest BCUT2D eigenvalue weighted by molar-refractivity contribution is 0.0601. The van der Waals surface area contributed by atoms with Crippen molar-refractivity contribution in [3.05, 3.63) is 77.1 Å². The molecule has 0 bridgehead atoms. The number of imide groups is 1. The minimum atomic E-state index is -0.233. The molecule has 2 heterocycles. The second kappa shape index (κ2) is 7.37. The molecule has 5 heteroatoms. The summed E-state index contributed by atoms with van der Waals surface area (Å²) in [7, 11) is 3.85. The van der Waals surface area contributed by atoms with E-state index in [9.17, 15) is 9.59 Å². The average Bonchev–Trinajstić information content (AvgIpc) is 2.70. The molecule has 1 aliphatic heterocycles. The summed E-state index contributed by atoms with van der Waals surface area (Å²) in [6, 6.07) is 15.2. The van der Waals surface area contributed by atoms with E-state index in [4.69, 9.17) is 0 Å². The zero-order valence-corrected chi connectivity index (χ0v) is 15.9. The van der Waals surface area contributed by atoms with Gasteiger partial charge in [0.25, 0.3) is 11.8 Å². The van der Waals surface area contributed by atoms with E-state index >= 15 is 0 Å². The van der Waals surface area contributed by atoms with E-state index in [1.807, 2.05) is 73.6 Å². The van der Waals surface area contributed by atoms with Crippen molar-refractivity contribution in [1.29, 1.82) is 0 Å². The summed E-state index contributed by atoms with van der Waals surface area (Å²) in [5, 5.41) is 1.64. The highest BCUT2D eigenvalue weighted by atomic mass is 16.2. The van der Waals surface area contributed by atoms with Crippen LogP contribution in [-0.2, 0) is 0 Å². The van der Waals surface area contributed by atoms with Gasteiger partial charge in [-0.15, -0.1) is 0 Å². The molecule has 3 aromatic rings. The molecule has 0 spiro atoms. The van der Waals surface area contributed by atoms with Gasteiger partial charge in [-0.1, -0.05) is 24.3 Å². The van der Waals surface area contributed by atoms with Crippen LogP contribution < -0.4 is 0 Å². The Kier molecular flexibility index (Phi) is 4.75. The van der Waals surface area contributed by atoms with E-state index in [0.717, 1.165) is 22.0 Å². The van der Waals surface area contributed by atoms with E-state index in [0.29, 0.717) is 24.2 Å². The second-order valence-electron chi connectivity index (χ2n) is 7.13. The molecule has 0 N–H and O–H groups in total. The number of hydrogen-bond donors (Lipinski definition) is 0. The predicted octanol–water partition coefficient (Wildman–Crippen LogP) is 3.56. The first-order chi connectivity index (χ1) is 13.5. The third-order valence-corrected chi connectivity index (χ3v) is 4.86. The van der Waals surface area contributed by atoms with E-state index < -0.39 is 0 Å². The van der Waals surface area contributed by atoms with Gasteiger partial charge in [-0.3, -0.25) is 19.5 Å². The lowest BCUT2D eigenvalue weighted by Crippen LogP contribution is -2.43. The van der Waals surface area contributed by atoms with Crippen LogP contribution in [0.2, 0.25) is 0 Å². The number of benzene rings is 2. The molecule has 140 valence electrons. The molecule has 0 saturated heterocycles. The van der Waals surface area contributed by atoms with Crippen molar-refractivity contribution in [2.24, 2.45) is 0 Å². The van der Waals surface area contributed by atoms with Gasteiger partial charge in [0, 0.05) is 35.8 Å². The van der Waals surface area contributed by atoms with Crippen molar-refractivity contribution >= 4 is 34.7 Å². The summed E-state index contributed by atoms with van der Waals surface area (Å²) >= 11 is 0. The summed E-state index contributed by atoms with van der Waals surface area (Å²) < 4.78 is 0. The van der Waals surface area contributed by atoms with Crippen molar-refractivity contribution in [2.75, 3.05) is 27.2 Å². The monoisotopic (exact) mass is 371 g/mol. The number of pyridine rings is 1. The molecule has 2 aromatic carbocycles. The summed E-state index contributed by atoms with van der Waals surface area (Å²) in [6.45, 7) is 0.997. The largest absolute Gasteiger partial charge is 0.308 e. The number of carbonyl (C=O) groups excluding carboxylic acids is 2. The van der Waals surface area contributed by atoms with Crippen LogP contribution in [0.4, 0.5) is 0 Å². The minimum Gasteiger partial charge on any atom is -0.308 e. The van der Waals surface area contributed by atoms with Gasteiger partial charge in [-0.05, 0) is 61.5 Å². The first-order valence-electron chi connectivity index (χ1n) is 9.21. The van der Waals surface area contributed by atoms with Crippen LogP contribution in [0.25, 0.3) is 22.9 Å². The molecule has 0 unspecified atom stereocenters. The smallest absolute Gasteiger partial charge is 0.261 e. The highest BCUT2D eigenvalue weighted by Crippen LogP contribution is 2.31. The highest BCUT2D eigenvalue weighted by Gasteiger charge is 2.32. The van der Waals surface area contributed by atoms with Crippen molar-refractivity contribution < 1.29 is 9.59 Å². The van der Waals surface area contributed by atoms with E-state index in [1.54, 1.807) is 12.3 Å². The fourth-order valence-electron chi connectivity index (χ4n) is 3.44. The summed E-state index contributed by atoms with van der Waals surface area (Å²) in [5.74, 6) is -0.453. The highest BCUT2D eigenvalue weighted by molar-refractivity contribution is 6.25. The van der Waals surface area contributed by atoms with Gasteiger partial charge in [-0.25, -0.2) is 0 Å². The predicted molar refractivity (Wildman–Crippen MR) is 111 cm³/mol. The first kappa shape index (κ1) is 18.1. The Morgan fingerprint density at radius 1 is 0.964 bits per heavy atom. The quantitative estimate of drug-likeness (QED) is 0.644. The Bertz CT molecular complexity index is 1090. The van der Waals surface area contributed by atoms with E-state index in [1.165, 1.54) is 4.90 Å². The Morgan fingerprint density at radius 2 is 1.79 bits per heavy atom. The fourth-order valence-corrected chi connectivity index (χ4v) is 3.44. The topological polar surface area (TPSA) is 53.5 Å². The van der Waals surface area contributed by atoms with Crippen molar-refractivity contribution in [1.82, 2.24) is 14.8 Å². The van der Waals surface area contributed by atoms with Crippen LogP contribution in [-0.4, -0.2) is 53.8 Å². The van der Waals surface area contributed by atoms with Crippen LogP contribution >= 0.6 is 0 Å². The molecule has 1 aliphatic rings. The third-order valence-electron chi connectivity index (χ3n) is 4.86. The number of likely N-dealkylation sites (N-methyl/N-ethyl adjacent to an activating group) is 1. The minimum absolute atomic E-state index is 0.221. The maximum atomic E-state index is 13.1. The molecule has 0 saturated carbocycles. The summed E-state index contributed by atoms with van der Waals surface area (Å²) in [4.78, 5) is 33.6. The molecule has 4 rings (SSSR count). The normalized spacial score (nSPS) is 13.9. The number of amides is 2. The molecule has 0 fully saturated rings. The van der Waals surface area contributed by atoms with Crippen molar-refractivity contribution in [3.8, 4) is 0 Å². The van der Waals surface area contributed by atoms with Gasteiger partial charge < -0.3 is 4.90 Å². The van der Waals surface area contributed by atoms with E-state index in [2.05, 4.69) is 4.98 Å². The lowest BCUT2D eigenvalue weighted by Gasteiger charge is -2.28. The van der Waals surface area contributed by atoms with Gasteiger partial charge in [0.2, 0.25) is 0 Å². The van der Waals surface area contributed by atoms with Gasteiger partial charge in [-0.2, -0.15) is 0 Å². The van der Waals surface area contributed by atoms with Crippen LogP contribution in [0.15, 0.2) is 54.7 Å². The van der Waals surface area contributed by atoms with Gasteiger partial charge >= 0.3 is 0 Å². The van der Waals surface area contributed by atoms with Crippen LogP contribution in [0.1, 0.15) is 32.0 Å². The Hall–Kier alpha value is -3.31. The Balaban J connectivity index is 1.78. The fraction of sp³-hybridized carbons (Fsp3) is 0.174. The molecule has 0 atom stereocenters. The average molecular weight is 371 g/mol. The lowest BCUT2D eigenvalue weighted by atomic mass is 9.92. The maximum Gasteiger partial charge on any atom is 0.261 e. The van der Waals surface area contributed by atoms with E-state index in [-0.39, 0.29) is 11.8 Å². The zero-order valence-electron chi connectivity index (χ0n) is 15.9.